The molecular formula is C67H110O6. The SMILES string of the molecule is CC/C=C\C/C=C\C/C=C\C/C=C\C/C=C\CC(=O)OC(COC(=O)CC/C=C\C/C=C\C/C=C\C/C=C\CC)COC(=O)CCCCCCCCCCCCCCCCC/C=C\CCCCCCCCCC. The minimum atomic E-state index is -0.864. The van der Waals surface area contributed by atoms with Crippen LogP contribution in [0.2, 0.25) is 0 Å². The highest BCUT2D eigenvalue weighted by molar-refractivity contribution is 5.72. The van der Waals surface area contributed by atoms with Crippen LogP contribution in [0.3, 0.4) is 0 Å². The van der Waals surface area contributed by atoms with Crippen LogP contribution in [-0.2, 0) is 28.6 Å². The van der Waals surface area contributed by atoms with Crippen LogP contribution in [0.25, 0.3) is 0 Å². The highest BCUT2D eigenvalue weighted by atomic mass is 16.6. The zero-order chi connectivity index (χ0) is 52.9. The molecule has 6 nitrogen and oxygen atoms in total. The predicted octanol–water partition coefficient (Wildman–Crippen LogP) is 20.4. The van der Waals surface area contributed by atoms with E-state index in [9.17, 15) is 14.4 Å². The van der Waals surface area contributed by atoms with Gasteiger partial charge in [0, 0.05) is 12.8 Å². The Kier molecular flexibility index (Phi) is 56.9. The number of allylic oxidation sites excluding steroid dienone is 19. The van der Waals surface area contributed by atoms with Gasteiger partial charge in [0.1, 0.15) is 13.2 Å². The van der Waals surface area contributed by atoms with E-state index in [1.165, 1.54) is 141 Å². The summed E-state index contributed by atoms with van der Waals surface area (Å²) in [6, 6.07) is 0. The van der Waals surface area contributed by atoms with Gasteiger partial charge in [-0.2, -0.15) is 0 Å². The van der Waals surface area contributed by atoms with Crippen LogP contribution in [0.4, 0.5) is 0 Å². The molecule has 414 valence electrons. The number of hydrogen-bond donors (Lipinski definition) is 0. The van der Waals surface area contributed by atoms with E-state index in [1.54, 1.807) is 6.08 Å². The van der Waals surface area contributed by atoms with Crippen molar-refractivity contribution in [3.05, 3.63) is 122 Å². The Morgan fingerprint density at radius 2 is 0.603 bits per heavy atom. The van der Waals surface area contributed by atoms with Crippen LogP contribution in [0, 0.1) is 0 Å². The van der Waals surface area contributed by atoms with Crippen LogP contribution >= 0.6 is 0 Å². The minimum absolute atomic E-state index is 0.0792. The molecule has 0 radical (unpaired) electrons. The maximum absolute atomic E-state index is 12.8. The largest absolute Gasteiger partial charge is 0.462 e. The first-order chi connectivity index (χ1) is 36.0. The molecule has 73 heavy (non-hydrogen) atoms. The maximum atomic E-state index is 12.8. The molecule has 0 bridgehead atoms. The normalized spacial score (nSPS) is 13.0. The van der Waals surface area contributed by atoms with E-state index >= 15 is 0 Å². The predicted molar refractivity (Wildman–Crippen MR) is 316 cm³/mol. The summed E-state index contributed by atoms with van der Waals surface area (Å²) in [4.78, 5) is 38.0. The molecular weight excluding hydrogens is 901 g/mol. The van der Waals surface area contributed by atoms with Gasteiger partial charge in [0.15, 0.2) is 6.10 Å². The zero-order valence-corrected chi connectivity index (χ0v) is 47.4. The number of ether oxygens (including phenoxy) is 3. The lowest BCUT2D eigenvalue weighted by atomic mass is 10.0. The molecule has 0 saturated heterocycles. The first-order valence-corrected chi connectivity index (χ1v) is 30.0. The summed E-state index contributed by atoms with van der Waals surface area (Å²) >= 11 is 0. The topological polar surface area (TPSA) is 78.9 Å². The fourth-order valence-corrected chi connectivity index (χ4v) is 8.06. The van der Waals surface area contributed by atoms with Gasteiger partial charge in [-0.15, -0.1) is 0 Å². The number of unbranched alkanes of at least 4 members (excludes halogenated alkanes) is 23. The van der Waals surface area contributed by atoms with Gasteiger partial charge in [-0.1, -0.05) is 271 Å². The zero-order valence-electron chi connectivity index (χ0n) is 47.4. The van der Waals surface area contributed by atoms with Crippen LogP contribution in [-0.4, -0.2) is 37.2 Å². The molecule has 0 aromatic carbocycles. The summed E-state index contributed by atoms with van der Waals surface area (Å²) in [5.41, 5.74) is 0. The second-order valence-electron chi connectivity index (χ2n) is 19.5. The Morgan fingerprint density at radius 3 is 0.986 bits per heavy atom. The molecule has 6 heteroatoms. The van der Waals surface area contributed by atoms with Crippen molar-refractivity contribution in [1.29, 1.82) is 0 Å². The molecule has 0 rings (SSSR count). The van der Waals surface area contributed by atoms with Gasteiger partial charge in [0.25, 0.3) is 0 Å². The molecule has 0 aliphatic heterocycles. The van der Waals surface area contributed by atoms with E-state index in [1.807, 2.05) is 18.2 Å². The van der Waals surface area contributed by atoms with Crippen molar-refractivity contribution < 1.29 is 28.6 Å². The van der Waals surface area contributed by atoms with E-state index in [2.05, 4.69) is 118 Å². The second kappa shape index (κ2) is 60.4. The number of hydrogen-bond acceptors (Lipinski definition) is 6. The van der Waals surface area contributed by atoms with E-state index in [-0.39, 0.29) is 38.0 Å². The fraction of sp³-hybridized carbons (Fsp3) is 0.657. The van der Waals surface area contributed by atoms with E-state index in [4.69, 9.17) is 14.2 Å². The van der Waals surface area contributed by atoms with Crippen LogP contribution in [0.1, 0.15) is 265 Å². The molecule has 0 aliphatic carbocycles. The third-order valence-electron chi connectivity index (χ3n) is 12.5. The van der Waals surface area contributed by atoms with Crippen molar-refractivity contribution in [3.8, 4) is 0 Å². The Balaban J connectivity index is 4.36. The van der Waals surface area contributed by atoms with Crippen molar-refractivity contribution in [2.45, 2.75) is 271 Å². The molecule has 0 heterocycles. The average Bonchev–Trinajstić information content (AvgIpc) is 3.39. The number of carbonyl (C=O) groups is 3. The van der Waals surface area contributed by atoms with E-state index in [0.29, 0.717) is 19.3 Å². The quantitative estimate of drug-likeness (QED) is 0.0261. The molecule has 0 aromatic heterocycles. The first kappa shape index (κ1) is 68.8. The summed E-state index contributed by atoms with van der Waals surface area (Å²) in [6.07, 6.45) is 84.0. The number of rotatable bonds is 53. The molecule has 0 fully saturated rings. The van der Waals surface area contributed by atoms with Crippen LogP contribution < -0.4 is 0 Å². The fourth-order valence-electron chi connectivity index (χ4n) is 8.06. The van der Waals surface area contributed by atoms with Gasteiger partial charge in [-0.3, -0.25) is 14.4 Å². The highest BCUT2D eigenvalue weighted by Crippen LogP contribution is 2.16. The molecule has 0 spiro atoms. The summed E-state index contributed by atoms with van der Waals surface area (Å²) in [5, 5.41) is 0. The lowest BCUT2D eigenvalue weighted by molar-refractivity contribution is -0.166. The van der Waals surface area contributed by atoms with Crippen molar-refractivity contribution in [2.24, 2.45) is 0 Å². The molecule has 0 aliphatic rings. The summed E-state index contributed by atoms with van der Waals surface area (Å²) in [6.45, 7) is 6.26. The summed E-state index contributed by atoms with van der Waals surface area (Å²) < 4.78 is 16.7. The molecule has 0 saturated carbocycles. The van der Waals surface area contributed by atoms with Gasteiger partial charge in [0.05, 0.1) is 6.42 Å². The van der Waals surface area contributed by atoms with Crippen molar-refractivity contribution in [2.75, 3.05) is 13.2 Å². The van der Waals surface area contributed by atoms with Crippen LogP contribution in [0.15, 0.2) is 122 Å². The molecule has 0 N–H and O–H groups in total. The summed E-state index contributed by atoms with van der Waals surface area (Å²) in [5.74, 6) is -1.16. The van der Waals surface area contributed by atoms with Crippen molar-refractivity contribution >= 4 is 17.9 Å². The van der Waals surface area contributed by atoms with Gasteiger partial charge in [0.2, 0.25) is 0 Å². The Hall–Kier alpha value is -4.19. The van der Waals surface area contributed by atoms with Gasteiger partial charge in [-0.05, 0) is 96.3 Å². The standard InChI is InChI=1S/C67H110O6/c1-4-7-10-13-16-19-22-25-27-28-29-30-31-32-33-34-35-36-37-38-40-42-45-48-51-54-57-60-66(69)72-63-64(62-71-65(68)59-56-53-50-47-44-41-24-21-18-15-12-9-6-3)73-67(70)61-58-55-52-49-46-43-39-26-23-20-17-14-11-8-5-2/h8-9,11-12,17-18,20-21,26,28-29,39,41,44,46,49-50,53,55,58,64H,4-7,10,13-16,19,22-25,27,30-38,40,42-43,45,47-48,51-52,54,56-57,59-63H2,1-3H3/b11-8-,12-9-,20-17-,21-18-,29-28-,39-26-,44-41-,49-46-,53-50-,58-55-. The van der Waals surface area contributed by atoms with Gasteiger partial charge in [-0.25, -0.2) is 0 Å². The lowest BCUT2D eigenvalue weighted by Crippen LogP contribution is -2.30. The average molecular weight is 1010 g/mol. The molecule has 1 atom stereocenters. The Bertz CT molecular complexity index is 1540. The van der Waals surface area contributed by atoms with Crippen molar-refractivity contribution in [1.82, 2.24) is 0 Å². The molecule has 0 aromatic rings. The van der Waals surface area contributed by atoms with E-state index in [0.717, 1.165) is 70.6 Å². The van der Waals surface area contributed by atoms with Gasteiger partial charge >= 0.3 is 17.9 Å². The maximum Gasteiger partial charge on any atom is 0.310 e. The molecule has 0 amide bonds. The molecule has 1 unspecified atom stereocenters. The summed E-state index contributed by atoms with van der Waals surface area (Å²) in [7, 11) is 0. The monoisotopic (exact) mass is 1010 g/mol. The Morgan fingerprint density at radius 1 is 0.301 bits per heavy atom. The lowest BCUT2D eigenvalue weighted by Gasteiger charge is -2.18. The third-order valence-corrected chi connectivity index (χ3v) is 12.5. The highest BCUT2D eigenvalue weighted by Gasteiger charge is 2.19. The Labute approximate surface area is 450 Å². The van der Waals surface area contributed by atoms with Crippen LogP contribution in [0.5, 0.6) is 0 Å². The first-order valence-electron chi connectivity index (χ1n) is 30.0. The smallest absolute Gasteiger partial charge is 0.310 e. The minimum Gasteiger partial charge on any atom is -0.462 e. The van der Waals surface area contributed by atoms with Crippen molar-refractivity contribution in [3.63, 3.8) is 0 Å². The number of carbonyl (C=O) groups excluding carboxylic acids is 3. The van der Waals surface area contributed by atoms with Gasteiger partial charge < -0.3 is 14.2 Å². The second-order valence-corrected chi connectivity index (χ2v) is 19.5. The third kappa shape index (κ3) is 58.6. The van der Waals surface area contributed by atoms with E-state index < -0.39 is 12.1 Å². The number of esters is 3.